The highest BCUT2D eigenvalue weighted by molar-refractivity contribution is 5.79. The maximum Gasteiger partial charge on any atom is 0.191 e. The van der Waals surface area contributed by atoms with Crippen molar-refractivity contribution in [2.75, 3.05) is 33.3 Å². The van der Waals surface area contributed by atoms with Gasteiger partial charge in [-0.25, -0.2) is 4.99 Å². The van der Waals surface area contributed by atoms with Crippen molar-refractivity contribution in [3.05, 3.63) is 47.9 Å². The molecule has 1 fully saturated rings. The van der Waals surface area contributed by atoms with Crippen LogP contribution in [0.15, 0.2) is 46.1 Å². The number of methoxy groups -OCH3 is 1. The van der Waals surface area contributed by atoms with E-state index in [0.29, 0.717) is 6.54 Å². The zero-order valence-electron chi connectivity index (χ0n) is 16.1. The predicted octanol–water partition coefficient (Wildman–Crippen LogP) is 2.58. The molecule has 0 saturated carbocycles. The van der Waals surface area contributed by atoms with E-state index in [1.54, 1.807) is 13.4 Å². The molecule has 0 amide bonds. The highest BCUT2D eigenvalue weighted by Crippen LogP contribution is 2.31. The number of nitrogens with zero attached hydrogens (tertiary/aromatic N) is 3. The summed E-state index contributed by atoms with van der Waals surface area (Å²) in [4.78, 5) is 7.13. The van der Waals surface area contributed by atoms with E-state index in [1.807, 2.05) is 18.2 Å². The molecule has 1 saturated heterocycles. The summed E-state index contributed by atoms with van der Waals surface area (Å²) in [5, 5.41) is 10.7. The Labute approximate surface area is 160 Å². The monoisotopic (exact) mass is 371 g/mol. The van der Waals surface area contributed by atoms with Crippen LogP contribution in [0.4, 0.5) is 0 Å². The number of hydrogen-bond donors (Lipinski definition) is 2. The van der Waals surface area contributed by atoms with E-state index in [1.165, 1.54) is 18.4 Å². The van der Waals surface area contributed by atoms with Crippen molar-refractivity contribution in [1.29, 1.82) is 0 Å². The van der Waals surface area contributed by atoms with Gasteiger partial charge in [0, 0.05) is 24.7 Å². The van der Waals surface area contributed by atoms with Gasteiger partial charge in [-0.05, 0) is 38.9 Å². The van der Waals surface area contributed by atoms with Crippen LogP contribution in [0, 0.1) is 0 Å². The number of aliphatic imine (C=N–C) groups is 1. The largest absolute Gasteiger partial charge is 0.496 e. The zero-order valence-corrected chi connectivity index (χ0v) is 16.1. The van der Waals surface area contributed by atoms with E-state index in [4.69, 9.17) is 9.26 Å². The average Bonchev–Trinajstić information content (AvgIpc) is 3.41. The van der Waals surface area contributed by atoms with Gasteiger partial charge in [-0.3, -0.25) is 4.90 Å². The van der Waals surface area contributed by atoms with E-state index >= 15 is 0 Å². The Hall–Kier alpha value is -2.54. The lowest BCUT2D eigenvalue weighted by Gasteiger charge is -2.30. The van der Waals surface area contributed by atoms with Gasteiger partial charge in [0.1, 0.15) is 17.7 Å². The van der Waals surface area contributed by atoms with Crippen LogP contribution in [0.25, 0.3) is 0 Å². The summed E-state index contributed by atoms with van der Waals surface area (Å²) in [6, 6.07) is 10.3. The lowest BCUT2D eigenvalue weighted by atomic mass is 10.0. The summed E-state index contributed by atoms with van der Waals surface area (Å²) in [6.45, 7) is 6.31. The van der Waals surface area contributed by atoms with Gasteiger partial charge in [0.25, 0.3) is 0 Å². The third-order valence-corrected chi connectivity index (χ3v) is 4.78. The van der Waals surface area contributed by atoms with Crippen molar-refractivity contribution in [2.45, 2.75) is 32.4 Å². The van der Waals surface area contributed by atoms with E-state index in [0.717, 1.165) is 43.6 Å². The Balaban J connectivity index is 1.73. The molecular formula is C20H29N5O2. The second-order valence-corrected chi connectivity index (χ2v) is 6.57. The number of para-hydroxylation sites is 1. The summed E-state index contributed by atoms with van der Waals surface area (Å²) in [5.41, 5.74) is 2.02. The van der Waals surface area contributed by atoms with Crippen LogP contribution in [-0.4, -0.2) is 49.3 Å². The molecule has 2 aromatic rings. The smallest absolute Gasteiger partial charge is 0.191 e. The van der Waals surface area contributed by atoms with Gasteiger partial charge in [0.15, 0.2) is 5.96 Å². The number of rotatable bonds is 8. The van der Waals surface area contributed by atoms with Gasteiger partial charge in [0.2, 0.25) is 0 Å². The Morgan fingerprint density at radius 3 is 2.78 bits per heavy atom. The fourth-order valence-electron chi connectivity index (χ4n) is 3.44. The first-order chi connectivity index (χ1) is 13.3. The molecule has 1 atom stereocenters. The molecule has 7 heteroatoms. The molecule has 0 aliphatic carbocycles. The number of likely N-dealkylation sites (tertiary alicyclic amines) is 1. The quantitative estimate of drug-likeness (QED) is 0.549. The van der Waals surface area contributed by atoms with Crippen LogP contribution in [0.2, 0.25) is 0 Å². The first-order valence-electron chi connectivity index (χ1n) is 9.60. The molecule has 3 rings (SSSR count). The normalized spacial score (nSPS) is 16.3. The zero-order chi connectivity index (χ0) is 18.9. The predicted molar refractivity (Wildman–Crippen MR) is 106 cm³/mol. The molecule has 1 aliphatic rings. The van der Waals surface area contributed by atoms with Crippen LogP contribution in [-0.2, 0) is 6.54 Å². The molecule has 0 spiro atoms. The SMILES string of the molecule is CCNC(=NCc1ccon1)NCC(c1ccccc1OC)N1CCCC1. The van der Waals surface area contributed by atoms with Crippen molar-refractivity contribution in [3.8, 4) is 5.75 Å². The van der Waals surface area contributed by atoms with Crippen molar-refractivity contribution in [1.82, 2.24) is 20.7 Å². The fraction of sp³-hybridized carbons (Fsp3) is 0.500. The van der Waals surface area contributed by atoms with Gasteiger partial charge in [-0.1, -0.05) is 23.4 Å². The topological polar surface area (TPSA) is 74.9 Å². The standard InChI is InChI=1S/C20H29N5O2/c1-3-21-20(22-14-16-10-13-27-24-16)23-15-18(25-11-6-7-12-25)17-8-4-5-9-19(17)26-2/h4-5,8-10,13,18H,3,6-7,11-12,14-15H2,1-2H3,(H2,21,22,23). The van der Waals surface area contributed by atoms with Crippen LogP contribution in [0.1, 0.15) is 37.1 Å². The average molecular weight is 371 g/mol. The fourth-order valence-corrected chi connectivity index (χ4v) is 3.44. The molecular weight excluding hydrogens is 342 g/mol. The van der Waals surface area contributed by atoms with Crippen molar-refractivity contribution in [3.63, 3.8) is 0 Å². The second-order valence-electron chi connectivity index (χ2n) is 6.57. The number of ether oxygens (including phenoxy) is 1. The molecule has 1 aromatic heterocycles. The van der Waals surface area contributed by atoms with Gasteiger partial charge >= 0.3 is 0 Å². The molecule has 1 aromatic carbocycles. The summed E-state index contributed by atoms with van der Waals surface area (Å²) in [6.07, 6.45) is 4.05. The number of aromatic nitrogens is 1. The lowest BCUT2D eigenvalue weighted by Crippen LogP contribution is -2.42. The Morgan fingerprint density at radius 1 is 1.26 bits per heavy atom. The maximum absolute atomic E-state index is 5.62. The Morgan fingerprint density at radius 2 is 2.07 bits per heavy atom. The van der Waals surface area contributed by atoms with Gasteiger partial charge in [-0.15, -0.1) is 0 Å². The Bertz CT molecular complexity index is 711. The Kier molecular flexibility index (Phi) is 7.10. The first kappa shape index (κ1) is 19.2. The number of benzene rings is 1. The van der Waals surface area contributed by atoms with E-state index < -0.39 is 0 Å². The minimum Gasteiger partial charge on any atom is -0.496 e. The summed E-state index contributed by atoms with van der Waals surface area (Å²) in [7, 11) is 1.73. The highest BCUT2D eigenvalue weighted by Gasteiger charge is 2.26. The van der Waals surface area contributed by atoms with E-state index in [2.05, 4.69) is 44.7 Å². The molecule has 2 N–H and O–H groups in total. The molecule has 1 aliphatic heterocycles. The van der Waals surface area contributed by atoms with Crippen molar-refractivity contribution >= 4 is 5.96 Å². The second kappa shape index (κ2) is 9.97. The minimum atomic E-state index is 0.236. The third kappa shape index (κ3) is 5.23. The maximum atomic E-state index is 5.62. The number of hydrogen-bond acceptors (Lipinski definition) is 5. The van der Waals surface area contributed by atoms with Crippen molar-refractivity contribution in [2.24, 2.45) is 4.99 Å². The summed E-state index contributed by atoms with van der Waals surface area (Å²) in [5.74, 6) is 1.71. The lowest BCUT2D eigenvalue weighted by molar-refractivity contribution is 0.239. The van der Waals surface area contributed by atoms with Gasteiger partial charge < -0.3 is 19.9 Å². The van der Waals surface area contributed by atoms with E-state index in [-0.39, 0.29) is 6.04 Å². The minimum absolute atomic E-state index is 0.236. The molecule has 0 bridgehead atoms. The van der Waals surface area contributed by atoms with Crippen LogP contribution < -0.4 is 15.4 Å². The summed E-state index contributed by atoms with van der Waals surface area (Å²) < 4.78 is 10.5. The molecule has 27 heavy (non-hydrogen) atoms. The van der Waals surface area contributed by atoms with Gasteiger partial charge in [-0.2, -0.15) is 0 Å². The van der Waals surface area contributed by atoms with Gasteiger partial charge in [0.05, 0.1) is 19.7 Å². The summed E-state index contributed by atoms with van der Waals surface area (Å²) >= 11 is 0. The highest BCUT2D eigenvalue weighted by atomic mass is 16.5. The van der Waals surface area contributed by atoms with Crippen molar-refractivity contribution < 1.29 is 9.26 Å². The van der Waals surface area contributed by atoms with Crippen LogP contribution >= 0.6 is 0 Å². The third-order valence-electron chi connectivity index (χ3n) is 4.78. The van der Waals surface area contributed by atoms with Crippen LogP contribution in [0.3, 0.4) is 0 Å². The molecule has 2 heterocycles. The number of guanidine groups is 1. The number of nitrogens with one attached hydrogen (secondary N) is 2. The molecule has 7 nitrogen and oxygen atoms in total. The first-order valence-corrected chi connectivity index (χ1v) is 9.60. The molecule has 1 unspecified atom stereocenters. The van der Waals surface area contributed by atoms with E-state index in [9.17, 15) is 0 Å². The molecule has 0 radical (unpaired) electrons. The molecule has 146 valence electrons. The van der Waals surface area contributed by atoms with Crippen LogP contribution in [0.5, 0.6) is 5.75 Å².